The zero-order valence-corrected chi connectivity index (χ0v) is 10.8. The Hall–Kier alpha value is -2.63. The van der Waals surface area contributed by atoms with Gasteiger partial charge < -0.3 is 9.88 Å². The van der Waals surface area contributed by atoms with E-state index in [0.717, 1.165) is 10.9 Å². The summed E-state index contributed by atoms with van der Waals surface area (Å²) in [4.78, 5) is 39.7. The second kappa shape index (κ2) is 4.48. The minimum atomic E-state index is -0.661. The summed E-state index contributed by atoms with van der Waals surface area (Å²) in [5.41, 5.74) is 1.22. The number of rotatable bonds is 1. The standard InChI is InChI=1S/C14H13N3O3/c1-8-13(19)16-12(18)7-17(8)14(20)11-6-9-4-2-3-5-10(9)15-11/h2-6,8,15H,7H2,1H3,(H,16,18,19). The fourth-order valence-corrected chi connectivity index (χ4v) is 2.31. The number of fused-ring (bicyclic) bond motifs is 1. The first kappa shape index (κ1) is 12.4. The van der Waals surface area contributed by atoms with Gasteiger partial charge in [-0.3, -0.25) is 19.7 Å². The molecule has 6 heteroatoms. The van der Waals surface area contributed by atoms with E-state index in [9.17, 15) is 14.4 Å². The van der Waals surface area contributed by atoms with Gasteiger partial charge in [0.1, 0.15) is 18.3 Å². The topological polar surface area (TPSA) is 82.3 Å². The molecule has 102 valence electrons. The van der Waals surface area contributed by atoms with Crippen molar-refractivity contribution in [2.45, 2.75) is 13.0 Å². The maximum atomic E-state index is 12.4. The minimum absolute atomic E-state index is 0.110. The summed E-state index contributed by atoms with van der Waals surface area (Å²) in [7, 11) is 0. The number of nitrogens with one attached hydrogen (secondary N) is 2. The normalized spacial score (nSPS) is 19.2. The van der Waals surface area contributed by atoms with Gasteiger partial charge in [-0.2, -0.15) is 0 Å². The number of amides is 3. The van der Waals surface area contributed by atoms with Crippen molar-refractivity contribution in [3.63, 3.8) is 0 Å². The highest BCUT2D eigenvalue weighted by molar-refractivity contribution is 6.07. The van der Waals surface area contributed by atoms with Crippen LogP contribution < -0.4 is 5.32 Å². The van der Waals surface area contributed by atoms with Crippen molar-refractivity contribution in [1.82, 2.24) is 15.2 Å². The van der Waals surface area contributed by atoms with Crippen LogP contribution in [0, 0.1) is 0 Å². The minimum Gasteiger partial charge on any atom is -0.351 e. The number of carbonyl (C=O) groups is 3. The van der Waals surface area contributed by atoms with E-state index in [1.807, 2.05) is 24.3 Å². The molecule has 2 heterocycles. The number of para-hydroxylation sites is 1. The van der Waals surface area contributed by atoms with Crippen LogP contribution in [0.15, 0.2) is 30.3 Å². The summed E-state index contributed by atoms with van der Waals surface area (Å²) in [6.07, 6.45) is 0. The summed E-state index contributed by atoms with van der Waals surface area (Å²) < 4.78 is 0. The van der Waals surface area contributed by atoms with E-state index in [4.69, 9.17) is 0 Å². The number of hydrogen-bond donors (Lipinski definition) is 2. The molecule has 3 rings (SSSR count). The molecule has 0 spiro atoms. The maximum Gasteiger partial charge on any atom is 0.271 e. The number of aromatic nitrogens is 1. The number of benzene rings is 1. The van der Waals surface area contributed by atoms with E-state index in [-0.39, 0.29) is 12.5 Å². The van der Waals surface area contributed by atoms with Crippen LogP contribution in [0.1, 0.15) is 17.4 Å². The van der Waals surface area contributed by atoms with Crippen molar-refractivity contribution in [3.8, 4) is 0 Å². The molecule has 1 unspecified atom stereocenters. The van der Waals surface area contributed by atoms with Crippen molar-refractivity contribution >= 4 is 28.6 Å². The van der Waals surface area contributed by atoms with Gasteiger partial charge in [-0.1, -0.05) is 18.2 Å². The Morgan fingerprint density at radius 1 is 1.30 bits per heavy atom. The van der Waals surface area contributed by atoms with E-state index < -0.39 is 17.9 Å². The van der Waals surface area contributed by atoms with E-state index >= 15 is 0 Å². The highest BCUT2D eigenvalue weighted by atomic mass is 16.2. The number of carbonyl (C=O) groups excluding carboxylic acids is 3. The molecular formula is C14H13N3O3. The lowest BCUT2D eigenvalue weighted by atomic mass is 10.2. The van der Waals surface area contributed by atoms with Crippen molar-refractivity contribution < 1.29 is 14.4 Å². The van der Waals surface area contributed by atoms with Gasteiger partial charge in [0.25, 0.3) is 5.91 Å². The van der Waals surface area contributed by atoms with E-state index in [1.54, 1.807) is 13.0 Å². The monoisotopic (exact) mass is 271 g/mol. The van der Waals surface area contributed by atoms with Crippen molar-refractivity contribution in [1.29, 1.82) is 0 Å². The molecule has 1 aliphatic rings. The van der Waals surface area contributed by atoms with Crippen LogP contribution in [0.4, 0.5) is 0 Å². The van der Waals surface area contributed by atoms with E-state index in [1.165, 1.54) is 4.90 Å². The molecule has 1 aromatic carbocycles. The molecule has 20 heavy (non-hydrogen) atoms. The zero-order valence-electron chi connectivity index (χ0n) is 10.8. The molecule has 6 nitrogen and oxygen atoms in total. The van der Waals surface area contributed by atoms with Gasteiger partial charge in [0.15, 0.2) is 0 Å². The Morgan fingerprint density at radius 3 is 2.80 bits per heavy atom. The lowest BCUT2D eigenvalue weighted by molar-refractivity contribution is -0.138. The second-order valence-electron chi connectivity index (χ2n) is 4.79. The van der Waals surface area contributed by atoms with Crippen LogP contribution >= 0.6 is 0 Å². The number of H-pyrrole nitrogens is 1. The van der Waals surface area contributed by atoms with Gasteiger partial charge >= 0.3 is 0 Å². The number of nitrogens with zero attached hydrogens (tertiary/aromatic N) is 1. The van der Waals surface area contributed by atoms with Crippen molar-refractivity contribution in [2.24, 2.45) is 0 Å². The largest absolute Gasteiger partial charge is 0.351 e. The Kier molecular flexibility index (Phi) is 2.78. The van der Waals surface area contributed by atoms with Crippen LogP contribution in [-0.4, -0.2) is 40.2 Å². The highest BCUT2D eigenvalue weighted by Gasteiger charge is 2.34. The summed E-state index contributed by atoms with van der Waals surface area (Å²) in [6, 6.07) is 8.57. The Balaban J connectivity index is 1.94. The Labute approximate surface area is 114 Å². The smallest absolute Gasteiger partial charge is 0.271 e. The average molecular weight is 271 g/mol. The van der Waals surface area contributed by atoms with Crippen molar-refractivity contribution in [3.05, 3.63) is 36.0 Å². The molecule has 0 saturated carbocycles. The Bertz CT molecular complexity index is 686. The maximum absolute atomic E-state index is 12.4. The first-order chi connectivity index (χ1) is 9.56. The predicted molar refractivity (Wildman–Crippen MR) is 71.9 cm³/mol. The van der Waals surface area contributed by atoms with Gasteiger partial charge in [0.05, 0.1) is 0 Å². The lowest BCUT2D eigenvalue weighted by Gasteiger charge is -2.31. The van der Waals surface area contributed by atoms with Crippen LogP contribution in [0.3, 0.4) is 0 Å². The van der Waals surface area contributed by atoms with Crippen molar-refractivity contribution in [2.75, 3.05) is 6.54 Å². The Morgan fingerprint density at radius 2 is 2.05 bits per heavy atom. The lowest BCUT2D eigenvalue weighted by Crippen LogP contribution is -2.58. The third kappa shape index (κ3) is 1.95. The molecule has 2 aromatic rings. The fraction of sp³-hybridized carbons (Fsp3) is 0.214. The van der Waals surface area contributed by atoms with Crippen LogP contribution in [0.5, 0.6) is 0 Å². The molecule has 1 aromatic heterocycles. The molecule has 0 aliphatic carbocycles. The SMILES string of the molecule is CC1C(=O)NC(=O)CN1C(=O)c1cc2ccccc2[nH]1. The van der Waals surface area contributed by atoms with E-state index in [2.05, 4.69) is 10.3 Å². The quantitative estimate of drug-likeness (QED) is 0.747. The van der Waals surface area contributed by atoms with Gasteiger partial charge in [-0.25, -0.2) is 0 Å². The van der Waals surface area contributed by atoms with Crippen LogP contribution in [0.25, 0.3) is 10.9 Å². The molecule has 1 aliphatic heterocycles. The predicted octanol–water partition coefficient (Wildman–Crippen LogP) is 0.655. The molecule has 3 amide bonds. The number of imide groups is 1. The average Bonchev–Trinajstić information content (AvgIpc) is 2.86. The summed E-state index contributed by atoms with van der Waals surface area (Å²) in [5.74, 6) is -1.26. The summed E-state index contributed by atoms with van der Waals surface area (Å²) >= 11 is 0. The van der Waals surface area contributed by atoms with Crippen LogP contribution in [0.2, 0.25) is 0 Å². The molecule has 0 bridgehead atoms. The second-order valence-corrected chi connectivity index (χ2v) is 4.79. The molecular weight excluding hydrogens is 258 g/mol. The van der Waals surface area contributed by atoms with Gasteiger partial charge in [0, 0.05) is 10.9 Å². The summed E-state index contributed by atoms with van der Waals surface area (Å²) in [6.45, 7) is 1.49. The molecule has 0 radical (unpaired) electrons. The molecule has 1 atom stereocenters. The van der Waals surface area contributed by atoms with Crippen LogP contribution in [-0.2, 0) is 9.59 Å². The highest BCUT2D eigenvalue weighted by Crippen LogP contribution is 2.17. The first-order valence-corrected chi connectivity index (χ1v) is 6.28. The van der Waals surface area contributed by atoms with Gasteiger partial charge in [-0.05, 0) is 19.1 Å². The first-order valence-electron chi connectivity index (χ1n) is 6.28. The fourth-order valence-electron chi connectivity index (χ4n) is 2.31. The zero-order chi connectivity index (χ0) is 14.3. The summed E-state index contributed by atoms with van der Waals surface area (Å²) in [5, 5.41) is 3.12. The number of hydrogen-bond acceptors (Lipinski definition) is 3. The van der Waals surface area contributed by atoms with E-state index in [0.29, 0.717) is 5.69 Å². The third-order valence-electron chi connectivity index (χ3n) is 3.44. The third-order valence-corrected chi connectivity index (χ3v) is 3.44. The number of piperazine rings is 1. The van der Waals surface area contributed by atoms with Gasteiger partial charge in [0.2, 0.25) is 11.8 Å². The molecule has 1 fully saturated rings. The number of aromatic amines is 1. The molecule has 2 N–H and O–H groups in total. The van der Waals surface area contributed by atoms with Gasteiger partial charge in [-0.15, -0.1) is 0 Å². The molecule has 1 saturated heterocycles.